The smallest absolute Gasteiger partial charge is 0.243 e. The van der Waals surface area contributed by atoms with Crippen LogP contribution < -0.4 is 5.32 Å². The lowest BCUT2D eigenvalue weighted by atomic mass is 9.88. The van der Waals surface area contributed by atoms with Gasteiger partial charge in [-0.3, -0.25) is 9.59 Å². The molecule has 1 unspecified atom stereocenters. The van der Waals surface area contributed by atoms with Crippen molar-refractivity contribution in [3.8, 4) is 11.3 Å². The molecule has 0 saturated carbocycles. The van der Waals surface area contributed by atoms with E-state index in [1.807, 2.05) is 12.3 Å². The molecule has 0 radical (unpaired) electrons. The van der Waals surface area contributed by atoms with Gasteiger partial charge < -0.3 is 14.7 Å². The Kier molecular flexibility index (Phi) is 4.46. The second-order valence-corrected chi connectivity index (χ2v) is 6.52. The lowest BCUT2D eigenvalue weighted by Crippen LogP contribution is -2.34. The zero-order chi connectivity index (χ0) is 18.8. The van der Waals surface area contributed by atoms with Crippen LogP contribution in [0.2, 0.25) is 0 Å². The molecular formula is C21H19N3O3. The fourth-order valence-corrected chi connectivity index (χ4v) is 3.59. The zero-order valence-corrected chi connectivity index (χ0v) is 14.7. The molecular weight excluding hydrogens is 342 g/mol. The molecule has 1 aliphatic rings. The molecule has 0 fully saturated rings. The van der Waals surface area contributed by atoms with Crippen molar-refractivity contribution in [2.24, 2.45) is 0 Å². The van der Waals surface area contributed by atoms with E-state index < -0.39 is 0 Å². The Hall–Kier alpha value is -3.41. The minimum Gasteiger partial charge on any atom is -0.453 e. The first-order valence-corrected chi connectivity index (χ1v) is 8.83. The van der Waals surface area contributed by atoms with Gasteiger partial charge in [-0.15, -0.1) is 0 Å². The van der Waals surface area contributed by atoms with Crippen molar-refractivity contribution in [3.63, 3.8) is 0 Å². The number of carbonyl (C=O) groups excluding carboxylic acids is 2. The minimum absolute atomic E-state index is 0.0754. The van der Waals surface area contributed by atoms with Crippen LogP contribution in [0.15, 0.2) is 53.7 Å². The molecule has 6 nitrogen and oxygen atoms in total. The molecule has 0 spiro atoms. The topological polar surface area (TPSA) is 88.0 Å². The number of furan rings is 1. The predicted octanol–water partition coefficient (Wildman–Crippen LogP) is 3.87. The summed E-state index contributed by atoms with van der Waals surface area (Å²) in [4.78, 5) is 30.2. The van der Waals surface area contributed by atoms with Crippen LogP contribution in [0.4, 0.5) is 0 Å². The van der Waals surface area contributed by atoms with Gasteiger partial charge in [-0.05, 0) is 54.7 Å². The Morgan fingerprint density at radius 1 is 1.33 bits per heavy atom. The van der Waals surface area contributed by atoms with Crippen molar-refractivity contribution in [3.05, 3.63) is 60.6 Å². The summed E-state index contributed by atoms with van der Waals surface area (Å²) in [5.41, 5.74) is 3.83. The second-order valence-electron chi connectivity index (χ2n) is 6.52. The van der Waals surface area contributed by atoms with E-state index in [2.05, 4.69) is 27.9 Å². The molecule has 1 amide bonds. The van der Waals surface area contributed by atoms with Crippen LogP contribution in [0.3, 0.4) is 0 Å². The molecule has 0 bridgehead atoms. The number of rotatable bonds is 5. The number of nitrogens with zero attached hydrogens (tertiary/aromatic N) is 1. The molecule has 2 N–H and O–H groups in total. The average molecular weight is 361 g/mol. The van der Waals surface area contributed by atoms with Gasteiger partial charge in [-0.1, -0.05) is 12.7 Å². The first-order valence-electron chi connectivity index (χ1n) is 8.83. The van der Waals surface area contributed by atoms with Crippen molar-refractivity contribution in [1.82, 2.24) is 15.3 Å². The molecule has 4 rings (SSSR count). The highest BCUT2D eigenvalue weighted by Gasteiger charge is 2.21. The summed E-state index contributed by atoms with van der Waals surface area (Å²) < 4.78 is 5.61. The van der Waals surface area contributed by atoms with E-state index in [9.17, 15) is 9.59 Å². The van der Waals surface area contributed by atoms with E-state index >= 15 is 0 Å². The van der Waals surface area contributed by atoms with Crippen molar-refractivity contribution < 1.29 is 14.0 Å². The van der Waals surface area contributed by atoms with Crippen molar-refractivity contribution in [2.75, 3.05) is 0 Å². The van der Waals surface area contributed by atoms with E-state index in [0.29, 0.717) is 12.0 Å². The SMILES string of the molecule is C=CC(=O)NC1CCC=C(c2ccnc3[nH]cc(-c4ccc(C=O)o4)c23)C1. The van der Waals surface area contributed by atoms with E-state index in [4.69, 9.17) is 4.42 Å². The number of allylic oxidation sites excluding steroid dienone is 1. The molecule has 0 aromatic carbocycles. The highest BCUT2D eigenvalue weighted by atomic mass is 16.3. The third-order valence-corrected chi connectivity index (χ3v) is 4.83. The van der Waals surface area contributed by atoms with Gasteiger partial charge in [-0.25, -0.2) is 4.98 Å². The summed E-state index contributed by atoms with van der Waals surface area (Å²) in [6.07, 6.45) is 10.3. The van der Waals surface area contributed by atoms with Crippen LogP contribution in [-0.4, -0.2) is 28.2 Å². The number of fused-ring (bicyclic) bond motifs is 1. The van der Waals surface area contributed by atoms with Crippen molar-refractivity contribution in [2.45, 2.75) is 25.3 Å². The van der Waals surface area contributed by atoms with Gasteiger partial charge in [0.15, 0.2) is 12.0 Å². The van der Waals surface area contributed by atoms with Gasteiger partial charge in [0.25, 0.3) is 0 Å². The maximum Gasteiger partial charge on any atom is 0.243 e. The first-order chi connectivity index (χ1) is 13.2. The van der Waals surface area contributed by atoms with Crippen LogP contribution >= 0.6 is 0 Å². The van der Waals surface area contributed by atoms with Gasteiger partial charge in [0.05, 0.1) is 0 Å². The average Bonchev–Trinajstić information content (AvgIpc) is 3.34. The number of aldehydes is 1. The number of aromatic nitrogens is 2. The van der Waals surface area contributed by atoms with Crippen molar-refractivity contribution >= 4 is 28.8 Å². The van der Waals surface area contributed by atoms with Crippen LogP contribution in [-0.2, 0) is 4.79 Å². The quantitative estimate of drug-likeness (QED) is 0.533. The van der Waals surface area contributed by atoms with Gasteiger partial charge in [-0.2, -0.15) is 0 Å². The summed E-state index contributed by atoms with van der Waals surface area (Å²) in [6, 6.07) is 5.49. The largest absolute Gasteiger partial charge is 0.453 e. The number of hydrogen-bond acceptors (Lipinski definition) is 4. The normalized spacial score (nSPS) is 16.7. The number of carbonyl (C=O) groups is 2. The van der Waals surface area contributed by atoms with Crippen LogP contribution in [0, 0.1) is 0 Å². The Bertz CT molecular complexity index is 1060. The standard InChI is InChI=1S/C21H19N3O3/c1-2-19(26)24-14-5-3-4-13(10-14)16-8-9-22-21-20(16)17(11-23-21)18-7-6-15(12-25)27-18/h2,4,6-9,11-12,14H,1,3,5,10H2,(H,22,23)(H,24,26). The Balaban J connectivity index is 1.74. The van der Waals surface area contributed by atoms with Crippen LogP contribution in [0.25, 0.3) is 27.9 Å². The van der Waals surface area contributed by atoms with Gasteiger partial charge in [0.1, 0.15) is 11.4 Å². The van der Waals surface area contributed by atoms with Gasteiger partial charge >= 0.3 is 0 Å². The second kappa shape index (κ2) is 7.07. The maximum atomic E-state index is 11.7. The molecule has 0 aliphatic heterocycles. The lowest BCUT2D eigenvalue weighted by Gasteiger charge is -2.24. The summed E-state index contributed by atoms with van der Waals surface area (Å²) in [5.74, 6) is 0.750. The zero-order valence-electron chi connectivity index (χ0n) is 14.7. The van der Waals surface area contributed by atoms with E-state index in [1.165, 1.54) is 6.08 Å². The minimum atomic E-state index is -0.152. The summed E-state index contributed by atoms with van der Waals surface area (Å²) >= 11 is 0. The molecule has 1 aliphatic carbocycles. The highest BCUT2D eigenvalue weighted by molar-refractivity contribution is 6.01. The number of H-pyrrole nitrogens is 1. The highest BCUT2D eigenvalue weighted by Crippen LogP contribution is 2.37. The number of amides is 1. The molecule has 3 heterocycles. The molecule has 1 atom stereocenters. The van der Waals surface area contributed by atoms with E-state index in [-0.39, 0.29) is 17.7 Å². The summed E-state index contributed by atoms with van der Waals surface area (Å²) in [7, 11) is 0. The fourth-order valence-electron chi connectivity index (χ4n) is 3.59. The number of nitrogens with one attached hydrogen (secondary N) is 2. The number of hydrogen-bond donors (Lipinski definition) is 2. The summed E-state index contributed by atoms with van der Waals surface area (Å²) in [5, 5.41) is 3.94. The summed E-state index contributed by atoms with van der Waals surface area (Å²) in [6.45, 7) is 3.52. The monoisotopic (exact) mass is 361 g/mol. The molecule has 27 heavy (non-hydrogen) atoms. The molecule has 136 valence electrons. The van der Waals surface area contributed by atoms with Gasteiger partial charge in [0.2, 0.25) is 5.91 Å². The fraction of sp³-hybridized carbons (Fsp3) is 0.190. The third-order valence-electron chi connectivity index (χ3n) is 4.83. The van der Waals surface area contributed by atoms with E-state index in [1.54, 1.807) is 18.3 Å². The van der Waals surface area contributed by atoms with Crippen LogP contribution in [0.5, 0.6) is 0 Å². The first kappa shape index (κ1) is 17.0. The third kappa shape index (κ3) is 3.21. The number of pyridine rings is 1. The van der Waals surface area contributed by atoms with Gasteiger partial charge in [0, 0.05) is 29.4 Å². The molecule has 3 aromatic heterocycles. The molecule has 6 heteroatoms. The predicted molar refractivity (Wildman–Crippen MR) is 103 cm³/mol. The Labute approximate surface area is 156 Å². The van der Waals surface area contributed by atoms with Crippen LogP contribution in [0.1, 0.15) is 35.4 Å². The maximum absolute atomic E-state index is 11.7. The molecule has 3 aromatic rings. The van der Waals surface area contributed by atoms with Crippen molar-refractivity contribution in [1.29, 1.82) is 0 Å². The lowest BCUT2D eigenvalue weighted by molar-refractivity contribution is -0.117. The molecule has 0 saturated heterocycles. The van der Waals surface area contributed by atoms with E-state index in [0.717, 1.165) is 47.0 Å². The number of aromatic amines is 1. The Morgan fingerprint density at radius 3 is 3.00 bits per heavy atom. The Morgan fingerprint density at radius 2 is 2.22 bits per heavy atom.